The molecule has 0 heterocycles. The van der Waals surface area contributed by atoms with E-state index in [1.165, 1.54) is 19.3 Å². The maximum atomic E-state index is 10.9. The molecule has 8 heavy (non-hydrogen) atoms. The van der Waals surface area contributed by atoms with Gasteiger partial charge in [-0.3, -0.25) is 4.21 Å². The van der Waals surface area contributed by atoms with Crippen molar-refractivity contribution in [3.8, 4) is 0 Å². The lowest BCUT2D eigenvalue weighted by molar-refractivity contribution is 0.0536. The Balaban J connectivity index is 2.15. The lowest BCUT2D eigenvalue weighted by atomic mass is 9.55. The third-order valence-corrected chi connectivity index (χ3v) is 4.31. The van der Waals surface area contributed by atoms with E-state index in [2.05, 4.69) is 0 Å². The second-order valence-corrected chi connectivity index (χ2v) is 4.89. The van der Waals surface area contributed by atoms with Gasteiger partial charge in [-0.2, -0.15) is 0 Å². The SMILES string of the molecule is CS(=O)C12CC(C1)C2. The van der Waals surface area contributed by atoms with Gasteiger partial charge in [-0.05, 0) is 25.2 Å². The zero-order valence-electron chi connectivity index (χ0n) is 5.02. The van der Waals surface area contributed by atoms with Crippen LogP contribution >= 0.6 is 0 Å². The van der Waals surface area contributed by atoms with Crippen LogP contribution in [0.25, 0.3) is 0 Å². The first-order valence-corrected chi connectivity index (χ1v) is 4.62. The summed E-state index contributed by atoms with van der Waals surface area (Å²) in [5.74, 6) is 0.971. The summed E-state index contributed by atoms with van der Waals surface area (Å²) >= 11 is 0. The van der Waals surface area contributed by atoms with Gasteiger partial charge in [-0.1, -0.05) is 0 Å². The van der Waals surface area contributed by atoms with Crippen molar-refractivity contribution in [3.63, 3.8) is 0 Å². The van der Waals surface area contributed by atoms with Gasteiger partial charge < -0.3 is 0 Å². The summed E-state index contributed by atoms with van der Waals surface area (Å²) in [5, 5.41) is 0. The van der Waals surface area contributed by atoms with E-state index in [-0.39, 0.29) is 0 Å². The molecule has 0 saturated heterocycles. The first kappa shape index (κ1) is 4.98. The second kappa shape index (κ2) is 1.18. The molecule has 1 unspecified atom stereocenters. The van der Waals surface area contributed by atoms with Gasteiger partial charge in [0.2, 0.25) is 0 Å². The van der Waals surface area contributed by atoms with E-state index in [1.54, 1.807) is 0 Å². The molecule has 1 atom stereocenters. The Kier molecular flexibility index (Phi) is 0.733. The summed E-state index contributed by atoms with van der Waals surface area (Å²) in [4.78, 5) is 0. The smallest absolute Gasteiger partial charge is 0.0464 e. The molecule has 0 aromatic carbocycles. The molecular formula is C6H10OS. The van der Waals surface area contributed by atoms with Crippen molar-refractivity contribution in [2.24, 2.45) is 5.92 Å². The molecule has 0 aromatic heterocycles. The van der Waals surface area contributed by atoms with Crippen molar-refractivity contribution in [3.05, 3.63) is 0 Å². The van der Waals surface area contributed by atoms with E-state index in [1.807, 2.05) is 6.26 Å². The van der Waals surface area contributed by atoms with Gasteiger partial charge in [0, 0.05) is 21.8 Å². The molecule has 2 bridgehead atoms. The highest BCUT2D eigenvalue weighted by molar-refractivity contribution is 7.85. The molecule has 0 aliphatic heterocycles. The van der Waals surface area contributed by atoms with Crippen molar-refractivity contribution in [1.29, 1.82) is 0 Å². The molecule has 3 aliphatic rings. The zero-order valence-corrected chi connectivity index (χ0v) is 5.83. The minimum atomic E-state index is -0.523. The molecule has 0 spiro atoms. The minimum Gasteiger partial charge on any atom is -0.259 e. The Hall–Kier alpha value is 0.150. The van der Waals surface area contributed by atoms with Crippen LogP contribution in [0.15, 0.2) is 0 Å². The van der Waals surface area contributed by atoms with E-state index >= 15 is 0 Å². The molecule has 0 amide bonds. The van der Waals surface area contributed by atoms with E-state index in [0.717, 1.165) is 5.92 Å². The number of hydrogen-bond acceptors (Lipinski definition) is 1. The first-order valence-electron chi connectivity index (χ1n) is 3.06. The van der Waals surface area contributed by atoms with Gasteiger partial charge in [-0.25, -0.2) is 0 Å². The normalized spacial score (nSPS) is 53.9. The summed E-state index contributed by atoms with van der Waals surface area (Å²) in [7, 11) is -0.523. The van der Waals surface area contributed by atoms with Crippen LogP contribution in [-0.2, 0) is 10.8 Å². The Labute approximate surface area is 51.9 Å². The van der Waals surface area contributed by atoms with Crippen LogP contribution in [0, 0.1) is 5.92 Å². The van der Waals surface area contributed by atoms with Crippen LogP contribution in [-0.4, -0.2) is 15.2 Å². The lowest BCUT2D eigenvalue weighted by Crippen LogP contribution is -2.60. The maximum absolute atomic E-state index is 10.9. The predicted octanol–water partition coefficient (Wildman–Crippen LogP) is 0.917. The zero-order chi connectivity index (χ0) is 5.78. The van der Waals surface area contributed by atoms with Gasteiger partial charge in [0.05, 0.1) is 0 Å². The van der Waals surface area contributed by atoms with Crippen LogP contribution < -0.4 is 0 Å². The van der Waals surface area contributed by atoms with Crippen molar-refractivity contribution < 1.29 is 4.21 Å². The van der Waals surface area contributed by atoms with E-state index in [4.69, 9.17) is 0 Å². The highest BCUT2D eigenvalue weighted by atomic mass is 32.2. The highest BCUT2D eigenvalue weighted by Crippen LogP contribution is 2.60. The van der Waals surface area contributed by atoms with Crippen LogP contribution in [0.5, 0.6) is 0 Å². The third kappa shape index (κ3) is 0.365. The van der Waals surface area contributed by atoms with Crippen LogP contribution in [0.1, 0.15) is 19.3 Å². The summed E-state index contributed by atoms with van der Waals surface area (Å²) in [6.45, 7) is 0. The van der Waals surface area contributed by atoms with Gasteiger partial charge in [-0.15, -0.1) is 0 Å². The summed E-state index contributed by atoms with van der Waals surface area (Å²) < 4.78 is 11.2. The Morgan fingerprint density at radius 3 is 2.00 bits per heavy atom. The summed E-state index contributed by atoms with van der Waals surface area (Å²) in [6, 6.07) is 0. The number of hydrogen-bond donors (Lipinski definition) is 0. The Morgan fingerprint density at radius 2 is 2.00 bits per heavy atom. The molecule has 0 N–H and O–H groups in total. The third-order valence-electron chi connectivity index (χ3n) is 2.59. The van der Waals surface area contributed by atoms with Crippen LogP contribution in [0.3, 0.4) is 0 Å². The van der Waals surface area contributed by atoms with Crippen molar-refractivity contribution in [2.75, 3.05) is 6.26 Å². The number of rotatable bonds is 1. The summed E-state index contributed by atoms with van der Waals surface area (Å²) in [6.07, 6.45) is 5.62. The van der Waals surface area contributed by atoms with Gasteiger partial charge in [0.1, 0.15) is 0 Å². The molecule has 0 radical (unpaired) electrons. The fourth-order valence-electron chi connectivity index (χ4n) is 1.75. The Bertz CT molecular complexity index is 136. The fraction of sp³-hybridized carbons (Fsp3) is 1.00. The minimum absolute atomic E-state index is 0.338. The lowest BCUT2D eigenvalue weighted by Gasteiger charge is -2.60. The van der Waals surface area contributed by atoms with Crippen molar-refractivity contribution >= 4 is 10.8 Å². The van der Waals surface area contributed by atoms with Crippen molar-refractivity contribution in [2.45, 2.75) is 24.0 Å². The second-order valence-electron chi connectivity index (χ2n) is 3.12. The van der Waals surface area contributed by atoms with Crippen LogP contribution in [0.4, 0.5) is 0 Å². The van der Waals surface area contributed by atoms with E-state index in [0.29, 0.717) is 4.75 Å². The van der Waals surface area contributed by atoms with E-state index < -0.39 is 10.8 Å². The standard InChI is InChI=1S/C6H10OS/c1-8(7)6-2-5(3-6)4-6/h5H,2-4H2,1H3. The topological polar surface area (TPSA) is 17.1 Å². The largest absolute Gasteiger partial charge is 0.259 e. The molecule has 3 aliphatic carbocycles. The molecule has 0 aromatic rings. The fourth-order valence-corrected chi connectivity index (χ4v) is 3.16. The highest BCUT2D eigenvalue weighted by Gasteiger charge is 2.59. The molecule has 1 nitrogen and oxygen atoms in total. The average molecular weight is 130 g/mol. The van der Waals surface area contributed by atoms with Gasteiger partial charge in [0.25, 0.3) is 0 Å². The molecule has 3 fully saturated rings. The first-order chi connectivity index (χ1) is 3.73. The maximum Gasteiger partial charge on any atom is 0.0464 e. The van der Waals surface area contributed by atoms with Gasteiger partial charge >= 0.3 is 0 Å². The summed E-state index contributed by atoms with van der Waals surface area (Å²) in [5.41, 5.74) is 0. The Morgan fingerprint density at radius 1 is 1.50 bits per heavy atom. The predicted molar refractivity (Wildman–Crippen MR) is 34.1 cm³/mol. The van der Waals surface area contributed by atoms with E-state index in [9.17, 15) is 4.21 Å². The monoisotopic (exact) mass is 130 g/mol. The van der Waals surface area contributed by atoms with Gasteiger partial charge in [0.15, 0.2) is 0 Å². The quantitative estimate of drug-likeness (QED) is 0.516. The van der Waals surface area contributed by atoms with Crippen molar-refractivity contribution in [1.82, 2.24) is 0 Å². The van der Waals surface area contributed by atoms with Crippen LogP contribution in [0.2, 0.25) is 0 Å². The molecule has 46 valence electrons. The average Bonchev–Trinajstić information content (AvgIpc) is 1.16. The molecule has 3 rings (SSSR count). The molecule has 2 heteroatoms. The molecular weight excluding hydrogens is 120 g/mol. The molecule has 3 saturated carbocycles.